The summed E-state index contributed by atoms with van der Waals surface area (Å²) in [6, 6.07) is 21.1. The Bertz CT molecular complexity index is 1260. The van der Waals surface area contributed by atoms with Gasteiger partial charge in [0.1, 0.15) is 16.9 Å². The van der Waals surface area contributed by atoms with Crippen LogP contribution in [0.2, 0.25) is 0 Å². The molecule has 4 aromatic rings. The number of aryl methyl sites for hydroxylation is 1. The van der Waals surface area contributed by atoms with E-state index in [9.17, 15) is 9.59 Å². The van der Waals surface area contributed by atoms with E-state index in [0.717, 1.165) is 5.56 Å². The first-order valence-electron chi connectivity index (χ1n) is 9.06. The molecule has 144 valence electrons. The van der Waals surface area contributed by atoms with E-state index in [1.165, 1.54) is 7.11 Å². The van der Waals surface area contributed by atoms with Crippen molar-refractivity contribution >= 4 is 16.9 Å². The molecule has 3 aromatic carbocycles. The van der Waals surface area contributed by atoms with Crippen LogP contribution in [0.25, 0.3) is 22.3 Å². The highest BCUT2D eigenvalue weighted by molar-refractivity contribution is 5.95. The monoisotopic (exact) mass is 386 g/mol. The van der Waals surface area contributed by atoms with Gasteiger partial charge in [0.25, 0.3) is 0 Å². The Kier molecular flexibility index (Phi) is 4.87. The van der Waals surface area contributed by atoms with E-state index in [-0.39, 0.29) is 17.1 Å². The first-order valence-corrected chi connectivity index (χ1v) is 9.06. The van der Waals surface area contributed by atoms with Crippen LogP contribution in [0.5, 0.6) is 11.5 Å². The van der Waals surface area contributed by atoms with Crippen LogP contribution < -0.4 is 14.9 Å². The second kappa shape index (κ2) is 7.64. The van der Waals surface area contributed by atoms with Crippen LogP contribution in [0.1, 0.15) is 15.9 Å². The lowest BCUT2D eigenvalue weighted by atomic mass is 10.1. The third kappa shape index (κ3) is 3.50. The number of hydrogen-bond donors (Lipinski definition) is 0. The van der Waals surface area contributed by atoms with E-state index in [2.05, 4.69) is 0 Å². The SMILES string of the molecule is COc1ccccc1C(=O)Oc1c(-c2ccccc2)oc2ccc(C)cc2c1=O. The minimum absolute atomic E-state index is 0.148. The van der Waals surface area contributed by atoms with Gasteiger partial charge in [-0.3, -0.25) is 4.79 Å². The summed E-state index contributed by atoms with van der Waals surface area (Å²) in [4.78, 5) is 26.1. The van der Waals surface area contributed by atoms with Gasteiger partial charge in [0.2, 0.25) is 11.2 Å². The van der Waals surface area contributed by atoms with E-state index in [1.54, 1.807) is 48.5 Å². The standard InChI is InChI=1S/C24H18O5/c1-15-12-13-20-18(14-15)21(25)23(22(28-20)16-8-4-3-5-9-16)29-24(26)17-10-6-7-11-19(17)27-2/h3-14H,1-2H3. The smallest absolute Gasteiger partial charge is 0.347 e. The highest BCUT2D eigenvalue weighted by Gasteiger charge is 2.22. The quantitative estimate of drug-likeness (QED) is 0.462. The van der Waals surface area contributed by atoms with Gasteiger partial charge < -0.3 is 13.9 Å². The van der Waals surface area contributed by atoms with Crippen LogP contribution in [0, 0.1) is 6.92 Å². The maximum absolute atomic E-state index is 13.2. The predicted octanol–water partition coefficient (Wildman–Crippen LogP) is 5.00. The van der Waals surface area contributed by atoms with Gasteiger partial charge in [-0.25, -0.2) is 4.79 Å². The molecule has 0 unspecified atom stereocenters. The Hall–Kier alpha value is -3.86. The van der Waals surface area contributed by atoms with Crippen LogP contribution in [0.15, 0.2) is 82.0 Å². The lowest BCUT2D eigenvalue weighted by Crippen LogP contribution is -2.17. The molecule has 0 radical (unpaired) electrons. The van der Waals surface area contributed by atoms with Gasteiger partial charge in [0.15, 0.2) is 5.76 Å². The number of benzene rings is 3. The summed E-state index contributed by atoms with van der Waals surface area (Å²) in [6.45, 7) is 1.88. The maximum atomic E-state index is 13.2. The van der Waals surface area contributed by atoms with Gasteiger partial charge in [-0.05, 0) is 31.2 Å². The average Bonchev–Trinajstić information content (AvgIpc) is 2.76. The molecule has 0 fully saturated rings. The molecular formula is C24H18O5. The molecule has 1 heterocycles. The largest absolute Gasteiger partial charge is 0.496 e. The van der Waals surface area contributed by atoms with Gasteiger partial charge in [0.05, 0.1) is 12.5 Å². The average molecular weight is 386 g/mol. The van der Waals surface area contributed by atoms with Gasteiger partial charge in [0, 0.05) is 5.56 Å². The molecule has 5 heteroatoms. The molecule has 0 saturated heterocycles. The zero-order valence-corrected chi connectivity index (χ0v) is 16.0. The molecule has 5 nitrogen and oxygen atoms in total. The van der Waals surface area contributed by atoms with E-state index >= 15 is 0 Å². The van der Waals surface area contributed by atoms with E-state index in [1.807, 2.05) is 31.2 Å². The summed E-state index contributed by atoms with van der Waals surface area (Å²) in [5.74, 6) is -0.279. The van der Waals surface area contributed by atoms with Crippen molar-refractivity contribution in [2.45, 2.75) is 6.92 Å². The molecule has 29 heavy (non-hydrogen) atoms. The van der Waals surface area contributed by atoms with Gasteiger partial charge in [-0.15, -0.1) is 0 Å². The molecule has 4 rings (SSSR count). The zero-order valence-electron chi connectivity index (χ0n) is 16.0. The summed E-state index contributed by atoms with van der Waals surface area (Å²) in [5, 5.41) is 0.354. The van der Waals surface area contributed by atoms with E-state index in [4.69, 9.17) is 13.9 Å². The number of para-hydroxylation sites is 1. The third-order valence-corrected chi connectivity index (χ3v) is 4.56. The molecule has 0 amide bonds. The number of carbonyl (C=O) groups excluding carboxylic acids is 1. The minimum Gasteiger partial charge on any atom is -0.496 e. The van der Waals surface area contributed by atoms with Crippen molar-refractivity contribution in [2.75, 3.05) is 7.11 Å². The highest BCUT2D eigenvalue weighted by atomic mass is 16.5. The van der Waals surface area contributed by atoms with Crippen LogP contribution in [-0.2, 0) is 0 Å². The molecule has 0 aliphatic rings. The number of carbonyl (C=O) groups is 1. The lowest BCUT2D eigenvalue weighted by molar-refractivity contribution is 0.0728. The topological polar surface area (TPSA) is 65.7 Å². The fraction of sp³-hybridized carbons (Fsp3) is 0.0833. The first-order chi connectivity index (χ1) is 14.1. The van der Waals surface area contributed by atoms with Crippen molar-refractivity contribution in [3.8, 4) is 22.8 Å². The predicted molar refractivity (Wildman–Crippen MR) is 111 cm³/mol. The Morgan fingerprint density at radius 2 is 1.66 bits per heavy atom. The van der Waals surface area contributed by atoms with Crippen LogP contribution in [0.3, 0.4) is 0 Å². The van der Waals surface area contributed by atoms with Crippen molar-refractivity contribution in [1.29, 1.82) is 0 Å². The molecule has 0 N–H and O–H groups in total. The summed E-state index contributed by atoms with van der Waals surface area (Å²) in [7, 11) is 1.47. The Morgan fingerprint density at radius 3 is 2.41 bits per heavy atom. The second-order valence-electron chi connectivity index (χ2n) is 6.54. The summed E-state index contributed by atoms with van der Waals surface area (Å²) < 4.78 is 16.8. The first kappa shape index (κ1) is 18.5. The van der Waals surface area contributed by atoms with Crippen molar-refractivity contribution in [1.82, 2.24) is 0 Å². The fourth-order valence-electron chi connectivity index (χ4n) is 3.13. The molecular weight excluding hydrogens is 368 g/mol. The van der Waals surface area contributed by atoms with Crippen molar-refractivity contribution in [3.63, 3.8) is 0 Å². The van der Waals surface area contributed by atoms with Crippen LogP contribution in [-0.4, -0.2) is 13.1 Å². The molecule has 0 aliphatic carbocycles. The highest BCUT2D eigenvalue weighted by Crippen LogP contribution is 2.32. The van der Waals surface area contributed by atoms with Gasteiger partial charge in [-0.2, -0.15) is 0 Å². The number of esters is 1. The molecule has 0 atom stereocenters. The fourth-order valence-corrected chi connectivity index (χ4v) is 3.13. The number of fused-ring (bicyclic) bond motifs is 1. The lowest BCUT2D eigenvalue weighted by Gasteiger charge is -2.12. The third-order valence-electron chi connectivity index (χ3n) is 4.56. The summed E-state index contributed by atoms with van der Waals surface area (Å²) in [6.07, 6.45) is 0. The normalized spacial score (nSPS) is 10.7. The molecule has 0 saturated carbocycles. The van der Waals surface area contributed by atoms with Crippen molar-refractivity contribution in [3.05, 3.63) is 94.1 Å². The molecule has 0 aliphatic heterocycles. The summed E-state index contributed by atoms with van der Waals surface area (Å²) >= 11 is 0. The zero-order chi connectivity index (χ0) is 20.4. The Balaban J connectivity index is 1.91. The van der Waals surface area contributed by atoms with E-state index < -0.39 is 11.4 Å². The Labute approximate surface area is 167 Å². The molecule has 0 spiro atoms. The molecule has 1 aromatic heterocycles. The van der Waals surface area contributed by atoms with Crippen molar-refractivity contribution in [2.24, 2.45) is 0 Å². The van der Waals surface area contributed by atoms with Crippen LogP contribution >= 0.6 is 0 Å². The maximum Gasteiger partial charge on any atom is 0.347 e. The number of methoxy groups -OCH3 is 1. The van der Waals surface area contributed by atoms with E-state index in [0.29, 0.717) is 22.3 Å². The number of hydrogen-bond acceptors (Lipinski definition) is 5. The number of rotatable bonds is 4. The Morgan fingerprint density at radius 1 is 0.931 bits per heavy atom. The second-order valence-corrected chi connectivity index (χ2v) is 6.54. The van der Waals surface area contributed by atoms with Gasteiger partial charge >= 0.3 is 5.97 Å². The van der Waals surface area contributed by atoms with Crippen LogP contribution in [0.4, 0.5) is 0 Å². The van der Waals surface area contributed by atoms with Gasteiger partial charge in [-0.1, -0.05) is 54.1 Å². The van der Waals surface area contributed by atoms with Crippen molar-refractivity contribution < 1.29 is 18.7 Å². The minimum atomic E-state index is -0.695. The molecule has 0 bridgehead atoms. The number of ether oxygens (including phenoxy) is 2. The summed E-state index contributed by atoms with van der Waals surface area (Å²) in [5.41, 5.74) is 1.78.